The van der Waals surface area contributed by atoms with Crippen molar-refractivity contribution in [2.24, 2.45) is 17.8 Å². The second-order valence-electron chi connectivity index (χ2n) is 11.6. The van der Waals surface area contributed by atoms with Gasteiger partial charge in [0.25, 0.3) is 0 Å². The molecule has 0 unspecified atom stereocenters. The largest absolute Gasteiger partial charge is 0.392 e. The number of aryl methyl sites for hydroxylation is 1. The first kappa shape index (κ1) is 26.2. The zero-order valence-electron chi connectivity index (χ0n) is 21.6. The second-order valence-corrected chi connectivity index (χ2v) is 11.6. The van der Waals surface area contributed by atoms with Crippen LogP contribution in [0.3, 0.4) is 0 Å². The van der Waals surface area contributed by atoms with Crippen LogP contribution in [-0.2, 0) is 6.42 Å². The third-order valence-corrected chi connectivity index (χ3v) is 7.92. The van der Waals surface area contributed by atoms with Crippen molar-refractivity contribution in [3.8, 4) is 0 Å². The van der Waals surface area contributed by atoms with E-state index in [0.29, 0.717) is 18.3 Å². The molecule has 0 radical (unpaired) electrons. The van der Waals surface area contributed by atoms with E-state index in [9.17, 15) is 10.2 Å². The Bertz CT molecular complexity index is 806. The fourth-order valence-corrected chi connectivity index (χ4v) is 5.59. The first-order chi connectivity index (χ1) is 15.6. The van der Waals surface area contributed by atoms with Crippen LogP contribution in [0.5, 0.6) is 0 Å². The van der Waals surface area contributed by atoms with E-state index in [1.807, 2.05) is 12.1 Å². The maximum atomic E-state index is 10.6. The van der Waals surface area contributed by atoms with Crippen molar-refractivity contribution in [3.63, 3.8) is 0 Å². The predicted octanol–water partition coefficient (Wildman–Crippen LogP) is 6.08. The quantitative estimate of drug-likeness (QED) is 0.315. The Kier molecular flexibility index (Phi) is 9.38. The molecule has 0 aromatic heterocycles. The summed E-state index contributed by atoms with van der Waals surface area (Å²) in [7, 11) is 2.23. The van der Waals surface area contributed by atoms with Gasteiger partial charge in [0.05, 0.1) is 12.2 Å². The first-order valence-corrected chi connectivity index (χ1v) is 13.1. The minimum Gasteiger partial charge on any atom is -0.392 e. The third-order valence-electron chi connectivity index (χ3n) is 7.92. The van der Waals surface area contributed by atoms with Gasteiger partial charge in [-0.15, -0.1) is 0 Å². The topological polar surface area (TPSA) is 43.7 Å². The Balaban J connectivity index is 1.39. The zero-order valence-corrected chi connectivity index (χ0v) is 21.6. The van der Waals surface area contributed by atoms with Crippen molar-refractivity contribution < 1.29 is 10.2 Å². The summed E-state index contributed by atoms with van der Waals surface area (Å²) in [5.41, 5.74) is 4.24. The molecule has 33 heavy (non-hydrogen) atoms. The molecule has 3 heteroatoms. The normalized spacial score (nSPS) is 26.2. The molecule has 1 fully saturated rings. The van der Waals surface area contributed by atoms with Crippen molar-refractivity contribution in [3.05, 3.63) is 59.2 Å². The molecule has 0 bridgehead atoms. The van der Waals surface area contributed by atoms with Gasteiger partial charge < -0.3 is 15.1 Å². The number of benzene rings is 1. The van der Waals surface area contributed by atoms with E-state index in [2.05, 4.69) is 70.0 Å². The Hall–Kier alpha value is -1.42. The van der Waals surface area contributed by atoms with Gasteiger partial charge in [-0.2, -0.15) is 0 Å². The average Bonchev–Trinajstić information content (AvgIpc) is 3.24. The summed E-state index contributed by atoms with van der Waals surface area (Å²) in [4.78, 5) is 2.45. The van der Waals surface area contributed by atoms with Gasteiger partial charge in [0, 0.05) is 17.9 Å². The molecule has 0 heterocycles. The van der Waals surface area contributed by atoms with Crippen LogP contribution >= 0.6 is 0 Å². The average molecular weight is 454 g/mol. The van der Waals surface area contributed by atoms with Gasteiger partial charge in [-0.3, -0.25) is 0 Å². The molecule has 2 N–H and O–H groups in total. The van der Waals surface area contributed by atoms with Crippen molar-refractivity contribution in [2.75, 3.05) is 13.6 Å². The minimum absolute atomic E-state index is 0.170. The Labute approximate surface area is 202 Å². The maximum absolute atomic E-state index is 10.6. The summed E-state index contributed by atoms with van der Waals surface area (Å²) in [6.07, 6.45) is 14.7. The fraction of sp³-hybridized carbons (Fsp3) is 0.667. The monoisotopic (exact) mass is 453 g/mol. The lowest BCUT2D eigenvalue weighted by atomic mass is 9.88. The van der Waals surface area contributed by atoms with Crippen LogP contribution in [0.25, 0.3) is 0 Å². The van der Waals surface area contributed by atoms with E-state index in [1.165, 1.54) is 44.2 Å². The summed E-state index contributed by atoms with van der Waals surface area (Å²) in [6.45, 7) is 10.1. The SMILES string of the molecule is Cc1cccc(C[C@H](O)C=C[C@@H]2[C@H]3CC(CCCCCCN(C)C(C)(C)C)=C[C@H]3C[C@H]2O)c1. The van der Waals surface area contributed by atoms with Crippen molar-refractivity contribution in [2.45, 2.75) is 96.8 Å². The van der Waals surface area contributed by atoms with Gasteiger partial charge in [0.2, 0.25) is 0 Å². The smallest absolute Gasteiger partial charge is 0.0761 e. The van der Waals surface area contributed by atoms with Gasteiger partial charge in [-0.25, -0.2) is 0 Å². The molecule has 5 atom stereocenters. The minimum atomic E-state index is -0.496. The molecule has 1 saturated carbocycles. The van der Waals surface area contributed by atoms with E-state index in [4.69, 9.17) is 0 Å². The molecule has 1 aromatic rings. The molecule has 3 rings (SSSR count). The highest BCUT2D eigenvalue weighted by atomic mass is 16.3. The van der Waals surface area contributed by atoms with Gasteiger partial charge in [-0.05, 0) is 90.8 Å². The van der Waals surface area contributed by atoms with Crippen molar-refractivity contribution in [1.82, 2.24) is 4.90 Å². The van der Waals surface area contributed by atoms with E-state index in [0.717, 1.165) is 18.4 Å². The molecule has 0 spiro atoms. The summed E-state index contributed by atoms with van der Waals surface area (Å²) in [5, 5.41) is 21.1. The lowest BCUT2D eigenvalue weighted by Crippen LogP contribution is -2.38. The lowest BCUT2D eigenvalue weighted by Gasteiger charge is -2.31. The van der Waals surface area contributed by atoms with Crippen LogP contribution in [0.2, 0.25) is 0 Å². The lowest BCUT2D eigenvalue weighted by molar-refractivity contribution is 0.140. The summed E-state index contributed by atoms with van der Waals surface area (Å²) < 4.78 is 0. The number of rotatable bonds is 11. The van der Waals surface area contributed by atoms with Crippen LogP contribution in [0, 0.1) is 24.7 Å². The van der Waals surface area contributed by atoms with Gasteiger partial charge >= 0.3 is 0 Å². The number of hydrogen-bond donors (Lipinski definition) is 2. The summed E-state index contributed by atoms with van der Waals surface area (Å²) in [5.74, 6) is 1.20. The number of fused-ring (bicyclic) bond motifs is 1. The molecule has 2 aliphatic rings. The van der Waals surface area contributed by atoms with Crippen LogP contribution in [0.15, 0.2) is 48.1 Å². The molecule has 184 valence electrons. The molecule has 0 aliphatic heterocycles. The molecule has 0 saturated heterocycles. The van der Waals surface area contributed by atoms with Gasteiger partial charge in [0.1, 0.15) is 0 Å². The molecule has 2 aliphatic carbocycles. The van der Waals surface area contributed by atoms with E-state index < -0.39 is 6.10 Å². The fourth-order valence-electron chi connectivity index (χ4n) is 5.59. The van der Waals surface area contributed by atoms with Gasteiger partial charge in [-0.1, -0.05) is 66.5 Å². The highest BCUT2D eigenvalue weighted by Gasteiger charge is 2.43. The van der Waals surface area contributed by atoms with Crippen molar-refractivity contribution >= 4 is 0 Å². The third kappa shape index (κ3) is 7.80. The van der Waals surface area contributed by atoms with E-state index in [-0.39, 0.29) is 17.6 Å². The number of allylic oxidation sites excluding steroid dienone is 2. The first-order valence-electron chi connectivity index (χ1n) is 13.1. The van der Waals surface area contributed by atoms with Crippen LogP contribution in [-0.4, -0.2) is 46.5 Å². The highest BCUT2D eigenvalue weighted by molar-refractivity contribution is 5.24. The van der Waals surface area contributed by atoms with Crippen LogP contribution in [0.1, 0.15) is 76.8 Å². The van der Waals surface area contributed by atoms with Gasteiger partial charge in [0.15, 0.2) is 0 Å². The molecule has 1 aromatic carbocycles. The number of aliphatic hydroxyl groups is 2. The number of aliphatic hydroxyl groups excluding tert-OH is 2. The van der Waals surface area contributed by atoms with E-state index in [1.54, 1.807) is 5.57 Å². The van der Waals surface area contributed by atoms with Crippen LogP contribution < -0.4 is 0 Å². The van der Waals surface area contributed by atoms with E-state index >= 15 is 0 Å². The van der Waals surface area contributed by atoms with Crippen molar-refractivity contribution in [1.29, 1.82) is 0 Å². The zero-order chi connectivity index (χ0) is 24.0. The number of hydrogen-bond acceptors (Lipinski definition) is 3. The molecule has 0 amide bonds. The number of nitrogens with zero attached hydrogens (tertiary/aromatic N) is 1. The summed E-state index contributed by atoms with van der Waals surface area (Å²) >= 11 is 0. The Morgan fingerprint density at radius 3 is 2.64 bits per heavy atom. The second kappa shape index (κ2) is 11.8. The summed E-state index contributed by atoms with van der Waals surface area (Å²) in [6, 6.07) is 8.33. The maximum Gasteiger partial charge on any atom is 0.0761 e. The molecular formula is C30H47NO2. The molecule has 3 nitrogen and oxygen atoms in total. The highest BCUT2D eigenvalue weighted by Crippen LogP contribution is 2.48. The van der Waals surface area contributed by atoms with Crippen LogP contribution in [0.4, 0.5) is 0 Å². The Morgan fingerprint density at radius 1 is 1.15 bits per heavy atom. The predicted molar refractivity (Wildman–Crippen MR) is 139 cm³/mol. The molecular weight excluding hydrogens is 406 g/mol. The number of unbranched alkanes of at least 4 members (excludes halogenated alkanes) is 3. The Morgan fingerprint density at radius 2 is 1.91 bits per heavy atom. The standard InChI is InChI=1S/C30H47NO2/c1-22-11-10-13-23(17-22)19-26(32)14-15-27-28-20-24(18-25(28)21-29(27)33)12-8-6-7-9-16-31(5)30(2,3)4/h10-11,13-15,17-18,25-29,32-33H,6-9,12,16,19-21H2,1-5H3/t25-,26+,27+,28-,29+/m0/s1.